The highest BCUT2D eigenvalue weighted by Gasteiger charge is 2.20. The van der Waals surface area contributed by atoms with Crippen LogP contribution in [0.15, 0.2) is 67.0 Å². The van der Waals surface area contributed by atoms with Crippen molar-refractivity contribution in [3.05, 3.63) is 83.8 Å². The molecule has 4 heteroatoms. The zero-order valence-electron chi connectivity index (χ0n) is 17.8. The molecule has 0 saturated heterocycles. The zero-order chi connectivity index (χ0) is 21.0. The Kier molecular flexibility index (Phi) is 5.41. The fraction of sp³-hybridized carbons (Fsp3) is 0.259. The molecule has 31 heavy (non-hydrogen) atoms. The van der Waals surface area contributed by atoms with Crippen molar-refractivity contribution in [2.75, 3.05) is 5.32 Å². The summed E-state index contributed by atoms with van der Waals surface area (Å²) in [6.45, 7) is 2.17. The first-order valence-corrected chi connectivity index (χ1v) is 11.1. The summed E-state index contributed by atoms with van der Waals surface area (Å²) in [5.74, 6) is 7.39. The third-order valence-corrected chi connectivity index (χ3v) is 5.94. The van der Waals surface area contributed by atoms with E-state index in [2.05, 4.69) is 57.9 Å². The highest BCUT2D eigenvalue weighted by atomic mass is 15.1. The lowest BCUT2D eigenvalue weighted by molar-refractivity contribution is 0.749. The summed E-state index contributed by atoms with van der Waals surface area (Å²) in [5.41, 5.74) is 5.98. The Hall–Kier alpha value is -3.58. The van der Waals surface area contributed by atoms with Crippen LogP contribution in [0.2, 0.25) is 0 Å². The number of hydrogen-bond acceptors (Lipinski definition) is 3. The number of aryl methyl sites for hydroxylation is 1. The summed E-state index contributed by atoms with van der Waals surface area (Å²) in [6.07, 6.45) is 10.0. The molecule has 1 fully saturated rings. The molecular formula is C27H26N4. The van der Waals surface area contributed by atoms with E-state index >= 15 is 0 Å². The van der Waals surface area contributed by atoms with Gasteiger partial charge in [0.15, 0.2) is 0 Å². The molecule has 0 amide bonds. The smallest absolute Gasteiger partial charge is 0.139 e. The molecule has 4 aromatic rings. The van der Waals surface area contributed by atoms with Crippen LogP contribution >= 0.6 is 0 Å². The summed E-state index contributed by atoms with van der Waals surface area (Å²) >= 11 is 0. The normalized spacial score (nSPS) is 13.8. The van der Waals surface area contributed by atoms with Gasteiger partial charge in [0.2, 0.25) is 0 Å². The van der Waals surface area contributed by atoms with E-state index in [1.165, 1.54) is 31.2 Å². The maximum Gasteiger partial charge on any atom is 0.139 e. The van der Waals surface area contributed by atoms with Gasteiger partial charge in [-0.05, 0) is 67.1 Å². The third-order valence-electron chi connectivity index (χ3n) is 5.94. The Labute approximate surface area is 183 Å². The van der Waals surface area contributed by atoms with Crippen molar-refractivity contribution < 1.29 is 0 Å². The molecule has 1 N–H and O–H groups in total. The zero-order valence-corrected chi connectivity index (χ0v) is 17.8. The second-order valence-corrected chi connectivity index (χ2v) is 8.10. The van der Waals surface area contributed by atoms with Gasteiger partial charge < -0.3 is 5.32 Å². The van der Waals surface area contributed by atoms with Gasteiger partial charge in [0.1, 0.15) is 22.9 Å². The fourth-order valence-electron chi connectivity index (χ4n) is 4.18. The number of rotatable bonds is 4. The van der Waals surface area contributed by atoms with Crippen molar-refractivity contribution in [1.82, 2.24) is 14.4 Å². The fourth-order valence-corrected chi connectivity index (χ4v) is 4.18. The summed E-state index contributed by atoms with van der Waals surface area (Å²) in [5, 5.41) is 3.77. The molecular weight excluding hydrogens is 380 g/mol. The molecule has 0 bridgehead atoms. The van der Waals surface area contributed by atoms with Crippen LogP contribution in [0.3, 0.4) is 0 Å². The molecule has 0 unspecified atom stereocenters. The SMILES string of the molecule is CCc1ccn2c(NC3CCCC3)c(-c3ccc(C#Cc4ccccc4)nc3)nc2c1. The van der Waals surface area contributed by atoms with Crippen LogP contribution in [0.25, 0.3) is 16.9 Å². The minimum absolute atomic E-state index is 0.508. The van der Waals surface area contributed by atoms with Crippen LogP contribution in [-0.2, 0) is 6.42 Å². The van der Waals surface area contributed by atoms with Crippen molar-refractivity contribution >= 4 is 11.5 Å². The first-order chi connectivity index (χ1) is 15.3. The van der Waals surface area contributed by atoms with E-state index in [9.17, 15) is 0 Å². The molecule has 154 valence electrons. The quantitative estimate of drug-likeness (QED) is 0.441. The molecule has 3 aromatic heterocycles. The van der Waals surface area contributed by atoms with E-state index in [1.54, 1.807) is 0 Å². The van der Waals surface area contributed by atoms with Crippen LogP contribution in [0, 0.1) is 11.8 Å². The van der Waals surface area contributed by atoms with E-state index in [0.717, 1.165) is 40.4 Å². The topological polar surface area (TPSA) is 42.2 Å². The highest BCUT2D eigenvalue weighted by Crippen LogP contribution is 2.32. The van der Waals surface area contributed by atoms with Crippen molar-refractivity contribution in [2.24, 2.45) is 0 Å². The van der Waals surface area contributed by atoms with Gasteiger partial charge >= 0.3 is 0 Å². The Morgan fingerprint density at radius 3 is 2.61 bits per heavy atom. The molecule has 1 aliphatic carbocycles. The second-order valence-electron chi connectivity index (χ2n) is 8.10. The standard InChI is InChI=1S/C27H26N4/c1-2-20-16-17-31-25(18-20)30-26(27(31)29-24-10-6-7-11-24)22-13-15-23(28-19-22)14-12-21-8-4-3-5-9-21/h3-5,8-9,13,15-19,24,29H,2,6-7,10-11H2,1H3. The molecule has 1 aliphatic rings. The Morgan fingerprint density at radius 1 is 1.03 bits per heavy atom. The van der Waals surface area contributed by atoms with Crippen molar-refractivity contribution in [1.29, 1.82) is 0 Å². The number of imidazole rings is 1. The minimum atomic E-state index is 0.508. The van der Waals surface area contributed by atoms with Gasteiger partial charge in [-0.3, -0.25) is 4.40 Å². The molecule has 3 heterocycles. The second kappa shape index (κ2) is 8.65. The lowest BCUT2D eigenvalue weighted by atomic mass is 10.1. The molecule has 0 atom stereocenters. The monoisotopic (exact) mass is 406 g/mol. The number of nitrogens with zero attached hydrogens (tertiary/aromatic N) is 3. The number of hydrogen-bond donors (Lipinski definition) is 1. The van der Waals surface area contributed by atoms with Gasteiger partial charge in [-0.15, -0.1) is 0 Å². The first kappa shape index (κ1) is 19.4. The lowest BCUT2D eigenvalue weighted by Gasteiger charge is -2.15. The molecule has 5 rings (SSSR count). The summed E-state index contributed by atoms with van der Waals surface area (Å²) in [4.78, 5) is 9.58. The van der Waals surface area contributed by atoms with Gasteiger partial charge in [-0.25, -0.2) is 9.97 Å². The minimum Gasteiger partial charge on any atom is -0.367 e. The molecule has 0 aliphatic heterocycles. The predicted molar refractivity (Wildman–Crippen MR) is 126 cm³/mol. The maximum atomic E-state index is 4.98. The number of pyridine rings is 2. The van der Waals surface area contributed by atoms with Gasteiger partial charge in [0.05, 0.1) is 0 Å². The van der Waals surface area contributed by atoms with E-state index < -0.39 is 0 Å². The van der Waals surface area contributed by atoms with Crippen molar-refractivity contribution in [3.63, 3.8) is 0 Å². The average Bonchev–Trinajstić information content (AvgIpc) is 3.47. The first-order valence-electron chi connectivity index (χ1n) is 11.1. The number of anilines is 1. The van der Waals surface area contributed by atoms with Crippen LogP contribution in [-0.4, -0.2) is 20.4 Å². The largest absolute Gasteiger partial charge is 0.367 e. The summed E-state index contributed by atoms with van der Waals surface area (Å²) < 4.78 is 2.18. The van der Waals surface area contributed by atoms with Gasteiger partial charge in [0, 0.05) is 29.6 Å². The average molecular weight is 407 g/mol. The molecule has 0 spiro atoms. The number of benzene rings is 1. The Bertz CT molecular complexity index is 1240. The third kappa shape index (κ3) is 4.18. The van der Waals surface area contributed by atoms with Gasteiger partial charge in [0.25, 0.3) is 0 Å². The van der Waals surface area contributed by atoms with E-state index in [1.807, 2.05) is 42.6 Å². The molecule has 1 saturated carbocycles. The van der Waals surface area contributed by atoms with Crippen molar-refractivity contribution in [3.8, 4) is 23.1 Å². The molecule has 4 nitrogen and oxygen atoms in total. The summed E-state index contributed by atoms with van der Waals surface area (Å²) in [7, 11) is 0. The Morgan fingerprint density at radius 2 is 1.87 bits per heavy atom. The molecule has 0 radical (unpaired) electrons. The van der Waals surface area contributed by atoms with Crippen LogP contribution in [0.4, 0.5) is 5.82 Å². The van der Waals surface area contributed by atoms with Crippen LogP contribution in [0.5, 0.6) is 0 Å². The van der Waals surface area contributed by atoms with E-state index in [4.69, 9.17) is 4.98 Å². The van der Waals surface area contributed by atoms with E-state index in [-0.39, 0.29) is 0 Å². The van der Waals surface area contributed by atoms with Crippen LogP contribution in [0.1, 0.15) is 49.4 Å². The lowest BCUT2D eigenvalue weighted by Crippen LogP contribution is -2.16. The van der Waals surface area contributed by atoms with Gasteiger partial charge in [-0.1, -0.05) is 43.9 Å². The predicted octanol–water partition coefficient (Wildman–Crippen LogP) is 5.71. The summed E-state index contributed by atoms with van der Waals surface area (Å²) in [6, 6.07) is 18.9. The maximum absolute atomic E-state index is 4.98. The van der Waals surface area contributed by atoms with Crippen LogP contribution < -0.4 is 5.32 Å². The Balaban J connectivity index is 1.50. The van der Waals surface area contributed by atoms with E-state index in [0.29, 0.717) is 6.04 Å². The number of aromatic nitrogens is 3. The highest BCUT2D eigenvalue weighted by molar-refractivity contribution is 5.76. The number of fused-ring (bicyclic) bond motifs is 1. The molecule has 1 aromatic carbocycles. The number of nitrogens with one attached hydrogen (secondary N) is 1. The van der Waals surface area contributed by atoms with Crippen molar-refractivity contribution in [2.45, 2.75) is 45.1 Å². The van der Waals surface area contributed by atoms with Gasteiger partial charge in [-0.2, -0.15) is 0 Å².